The van der Waals surface area contributed by atoms with E-state index in [1.807, 2.05) is 0 Å². The number of amides is 2. The third-order valence-corrected chi connectivity index (χ3v) is 2.98. The molecule has 1 aromatic rings. The van der Waals surface area contributed by atoms with Gasteiger partial charge in [0.15, 0.2) is 0 Å². The molecule has 5 N–H and O–H groups in total. The normalized spacial score (nSPS) is 11.7. The first-order valence-electron chi connectivity index (χ1n) is 6.12. The van der Waals surface area contributed by atoms with Crippen LogP contribution in [-0.4, -0.2) is 39.1 Å². The molecular formula is C12H16N4O5. The Kier molecular flexibility index (Phi) is 5.17. The van der Waals surface area contributed by atoms with Crippen molar-refractivity contribution >= 4 is 17.8 Å². The maximum Gasteiger partial charge on any atom is 0.326 e. The summed E-state index contributed by atoms with van der Waals surface area (Å²) in [5, 5.41) is 17.1. The largest absolute Gasteiger partial charge is 0.480 e. The molecule has 0 unspecified atom stereocenters. The van der Waals surface area contributed by atoms with E-state index in [4.69, 9.17) is 10.8 Å². The van der Waals surface area contributed by atoms with E-state index in [1.165, 1.54) is 6.92 Å². The number of nitrogens with one attached hydrogen (secondary N) is 2. The number of carbonyl (C=O) groups is 3. The summed E-state index contributed by atoms with van der Waals surface area (Å²) in [6.45, 7) is 3.13. The molecule has 0 aliphatic heterocycles. The van der Waals surface area contributed by atoms with E-state index in [2.05, 4.69) is 15.5 Å². The van der Waals surface area contributed by atoms with Crippen molar-refractivity contribution in [1.82, 2.24) is 15.5 Å². The van der Waals surface area contributed by atoms with Crippen molar-refractivity contribution in [2.45, 2.75) is 32.7 Å². The van der Waals surface area contributed by atoms with Gasteiger partial charge >= 0.3 is 5.97 Å². The second kappa shape index (κ2) is 6.64. The van der Waals surface area contributed by atoms with E-state index in [9.17, 15) is 19.2 Å². The van der Waals surface area contributed by atoms with Crippen LogP contribution in [0.2, 0.25) is 0 Å². The van der Waals surface area contributed by atoms with Crippen molar-refractivity contribution in [3.8, 4) is 0 Å². The molecule has 0 saturated carbocycles. The molecule has 0 aliphatic rings. The number of aliphatic carboxylic acids is 1. The molecular weight excluding hydrogens is 280 g/mol. The maximum atomic E-state index is 12.1. The summed E-state index contributed by atoms with van der Waals surface area (Å²) in [5.41, 5.74) is 4.83. The Labute approximate surface area is 119 Å². The highest BCUT2D eigenvalue weighted by Crippen LogP contribution is 2.06. The zero-order chi connectivity index (χ0) is 16.2. The van der Waals surface area contributed by atoms with E-state index in [1.54, 1.807) is 6.92 Å². The molecule has 0 spiro atoms. The first-order chi connectivity index (χ1) is 9.73. The number of nitrogens with zero attached hydrogens (tertiary/aromatic N) is 1. The summed E-state index contributed by atoms with van der Waals surface area (Å²) in [4.78, 5) is 45.4. The Morgan fingerprint density at radius 2 is 2.00 bits per heavy atom. The number of carbonyl (C=O) groups excluding carboxylic acids is 2. The fourth-order valence-electron chi connectivity index (χ4n) is 1.67. The van der Waals surface area contributed by atoms with Crippen molar-refractivity contribution in [1.29, 1.82) is 0 Å². The van der Waals surface area contributed by atoms with E-state index in [0.29, 0.717) is 11.3 Å². The number of hydrogen-bond acceptors (Lipinski definition) is 5. The number of rotatable bonds is 6. The molecule has 0 saturated heterocycles. The predicted molar refractivity (Wildman–Crippen MR) is 71.7 cm³/mol. The lowest BCUT2D eigenvalue weighted by atomic mass is 10.1. The summed E-state index contributed by atoms with van der Waals surface area (Å²) in [7, 11) is 0. The van der Waals surface area contributed by atoms with Gasteiger partial charge in [-0.05, 0) is 25.8 Å². The SMILES string of the molecule is Cc1n[nH]c(=O)c(C(=O)N[C@@H](CCC(N)=O)C(=O)O)c1C. The molecule has 0 fully saturated rings. The maximum absolute atomic E-state index is 12.1. The van der Waals surface area contributed by atoms with Crippen molar-refractivity contribution in [3.63, 3.8) is 0 Å². The lowest BCUT2D eigenvalue weighted by Gasteiger charge is -2.14. The zero-order valence-electron chi connectivity index (χ0n) is 11.6. The summed E-state index contributed by atoms with van der Waals surface area (Å²) >= 11 is 0. The average molecular weight is 296 g/mol. The van der Waals surface area contributed by atoms with Gasteiger partial charge < -0.3 is 16.2 Å². The van der Waals surface area contributed by atoms with Crippen LogP contribution in [0.3, 0.4) is 0 Å². The van der Waals surface area contributed by atoms with Crippen LogP contribution in [0.1, 0.15) is 34.5 Å². The summed E-state index contributed by atoms with van der Waals surface area (Å²) in [6.07, 6.45) is -0.348. The lowest BCUT2D eigenvalue weighted by Crippen LogP contribution is -2.43. The number of aryl methyl sites for hydroxylation is 1. The zero-order valence-corrected chi connectivity index (χ0v) is 11.6. The third-order valence-electron chi connectivity index (χ3n) is 2.98. The van der Waals surface area contributed by atoms with Gasteiger partial charge in [-0.3, -0.25) is 14.4 Å². The Balaban J connectivity index is 2.98. The first-order valence-corrected chi connectivity index (χ1v) is 6.12. The summed E-state index contributed by atoms with van der Waals surface area (Å²) in [5.74, 6) is -2.83. The predicted octanol–water partition coefficient (Wildman–Crippen LogP) is -1.16. The number of hydrogen-bond donors (Lipinski definition) is 4. The topological polar surface area (TPSA) is 155 Å². The molecule has 21 heavy (non-hydrogen) atoms. The first kappa shape index (κ1) is 16.3. The van der Waals surface area contributed by atoms with Gasteiger partial charge in [-0.25, -0.2) is 9.89 Å². The number of primary amides is 1. The summed E-state index contributed by atoms with van der Waals surface area (Å²) in [6, 6.07) is -1.31. The molecule has 1 rings (SSSR count). The molecule has 0 aromatic carbocycles. The fraction of sp³-hybridized carbons (Fsp3) is 0.417. The van der Waals surface area contributed by atoms with Crippen LogP contribution in [0.25, 0.3) is 0 Å². The van der Waals surface area contributed by atoms with E-state index >= 15 is 0 Å². The van der Waals surface area contributed by atoms with Crippen molar-refractivity contribution < 1.29 is 19.5 Å². The molecule has 0 bridgehead atoms. The van der Waals surface area contributed by atoms with Gasteiger partial charge in [0.2, 0.25) is 5.91 Å². The molecule has 1 aromatic heterocycles. The fourth-order valence-corrected chi connectivity index (χ4v) is 1.67. The van der Waals surface area contributed by atoms with Gasteiger partial charge in [0, 0.05) is 6.42 Å². The minimum atomic E-state index is -1.32. The quantitative estimate of drug-likeness (QED) is 0.518. The minimum Gasteiger partial charge on any atom is -0.480 e. The van der Waals surface area contributed by atoms with Gasteiger partial charge in [0.1, 0.15) is 11.6 Å². The standard InChI is InChI=1S/C12H16N4O5/c1-5-6(2)15-16-11(19)9(5)10(18)14-7(12(20)21)3-4-8(13)17/h7H,3-4H2,1-2H3,(H2,13,17)(H,14,18)(H,16,19)(H,20,21)/t7-/m0/s1. The van der Waals surface area contributed by atoms with Crippen LogP contribution in [0.4, 0.5) is 0 Å². The number of nitrogens with two attached hydrogens (primary N) is 1. The highest BCUT2D eigenvalue weighted by Gasteiger charge is 2.24. The van der Waals surface area contributed by atoms with Crippen LogP contribution in [0.5, 0.6) is 0 Å². The van der Waals surface area contributed by atoms with Crippen LogP contribution in [0, 0.1) is 13.8 Å². The van der Waals surface area contributed by atoms with Gasteiger partial charge in [0.25, 0.3) is 11.5 Å². The molecule has 0 radical (unpaired) electrons. The van der Waals surface area contributed by atoms with E-state index in [0.717, 1.165) is 0 Å². The number of carboxylic acid groups (broad SMARTS) is 1. The van der Waals surface area contributed by atoms with Crippen molar-refractivity contribution in [2.75, 3.05) is 0 Å². The summed E-state index contributed by atoms with van der Waals surface area (Å²) < 4.78 is 0. The molecule has 2 amide bonds. The van der Waals surface area contributed by atoms with Gasteiger partial charge in [-0.1, -0.05) is 0 Å². The van der Waals surface area contributed by atoms with Crippen molar-refractivity contribution in [3.05, 3.63) is 27.2 Å². The number of H-pyrrole nitrogens is 1. The Morgan fingerprint density at radius 3 is 2.52 bits per heavy atom. The molecule has 0 aliphatic carbocycles. The van der Waals surface area contributed by atoms with Gasteiger partial charge in [-0.2, -0.15) is 5.10 Å². The van der Waals surface area contributed by atoms with Crippen molar-refractivity contribution in [2.24, 2.45) is 5.73 Å². The van der Waals surface area contributed by atoms with E-state index < -0.39 is 29.4 Å². The number of aromatic amines is 1. The van der Waals surface area contributed by atoms with Crippen LogP contribution < -0.4 is 16.6 Å². The Hall–Kier alpha value is -2.71. The third kappa shape index (κ3) is 4.13. The molecule has 1 heterocycles. The minimum absolute atomic E-state index is 0.155. The average Bonchev–Trinajstić information content (AvgIpc) is 2.38. The monoisotopic (exact) mass is 296 g/mol. The molecule has 114 valence electrons. The Bertz CT molecular complexity index is 637. The molecule has 9 nitrogen and oxygen atoms in total. The highest BCUT2D eigenvalue weighted by atomic mass is 16.4. The molecule has 1 atom stereocenters. The van der Waals surface area contributed by atoms with Gasteiger partial charge in [-0.15, -0.1) is 0 Å². The second-order valence-electron chi connectivity index (χ2n) is 4.51. The van der Waals surface area contributed by atoms with Gasteiger partial charge in [0.05, 0.1) is 5.69 Å². The smallest absolute Gasteiger partial charge is 0.326 e. The van der Waals surface area contributed by atoms with E-state index in [-0.39, 0.29) is 18.4 Å². The van der Waals surface area contributed by atoms with Crippen LogP contribution in [-0.2, 0) is 9.59 Å². The van der Waals surface area contributed by atoms with Crippen LogP contribution in [0.15, 0.2) is 4.79 Å². The van der Waals surface area contributed by atoms with Crippen LogP contribution >= 0.6 is 0 Å². The second-order valence-corrected chi connectivity index (χ2v) is 4.51. The Morgan fingerprint density at radius 1 is 1.38 bits per heavy atom. The number of carboxylic acids is 1. The lowest BCUT2D eigenvalue weighted by molar-refractivity contribution is -0.139. The highest BCUT2D eigenvalue weighted by molar-refractivity contribution is 5.97. The molecule has 9 heteroatoms. The number of aromatic nitrogens is 2.